The Hall–Kier alpha value is -1.03. The summed E-state index contributed by atoms with van der Waals surface area (Å²) in [6, 6.07) is 7.52. The SMILES string of the molecule is COc1ccc(C(=O)NC2CCC(Br)CC2)cc1. The number of carbonyl (C=O) groups excluding carboxylic acids is 1. The Labute approximate surface area is 116 Å². The summed E-state index contributed by atoms with van der Waals surface area (Å²) in [5.74, 6) is 0.780. The van der Waals surface area contributed by atoms with Crippen molar-refractivity contribution in [1.82, 2.24) is 5.32 Å². The lowest BCUT2D eigenvalue weighted by molar-refractivity contribution is 0.0928. The van der Waals surface area contributed by atoms with Gasteiger partial charge in [-0.15, -0.1) is 0 Å². The van der Waals surface area contributed by atoms with Gasteiger partial charge in [0.05, 0.1) is 7.11 Å². The molecule has 0 atom stereocenters. The molecular formula is C14H18BrNO2. The van der Waals surface area contributed by atoms with Crippen LogP contribution in [0.5, 0.6) is 5.75 Å². The highest BCUT2D eigenvalue weighted by atomic mass is 79.9. The van der Waals surface area contributed by atoms with E-state index in [9.17, 15) is 4.79 Å². The fraction of sp³-hybridized carbons (Fsp3) is 0.500. The molecule has 0 unspecified atom stereocenters. The third kappa shape index (κ3) is 3.48. The molecule has 0 saturated heterocycles. The molecule has 1 aliphatic rings. The maximum Gasteiger partial charge on any atom is 0.251 e. The van der Waals surface area contributed by atoms with E-state index in [0.717, 1.165) is 31.4 Å². The Balaban J connectivity index is 1.90. The predicted octanol–water partition coefficient (Wildman–Crippen LogP) is 3.13. The lowest BCUT2D eigenvalue weighted by Gasteiger charge is -2.26. The molecule has 1 saturated carbocycles. The number of amides is 1. The van der Waals surface area contributed by atoms with Gasteiger partial charge in [0, 0.05) is 16.4 Å². The summed E-state index contributed by atoms with van der Waals surface area (Å²) in [6.07, 6.45) is 4.37. The Morgan fingerprint density at radius 3 is 2.39 bits per heavy atom. The van der Waals surface area contributed by atoms with Gasteiger partial charge in [0.1, 0.15) is 5.75 Å². The minimum Gasteiger partial charge on any atom is -0.497 e. The number of halogens is 1. The molecule has 0 radical (unpaired) electrons. The summed E-state index contributed by atoms with van der Waals surface area (Å²) < 4.78 is 5.07. The van der Waals surface area contributed by atoms with Crippen LogP contribution < -0.4 is 10.1 Å². The second kappa shape index (κ2) is 6.23. The Kier molecular flexibility index (Phi) is 4.64. The lowest BCUT2D eigenvalue weighted by atomic mass is 9.95. The molecule has 2 rings (SSSR count). The van der Waals surface area contributed by atoms with Crippen molar-refractivity contribution in [3.63, 3.8) is 0 Å². The van der Waals surface area contributed by atoms with Crippen molar-refractivity contribution in [2.75, 3.05) is 7.11 Å². The Morgan fingerprint density at radius 1 is 1.22 bits per heavy atom. The summed E-state index contributed by atoms with van der Waals surface area (Å²) in [5, 5.41) is 3.09. The summed E-state index contributed by atoms with van der Waals surface area (Å²) >= 11 is 3.62. The molecule has 1 N–H and O–H groups in total. The molecule has 98 valence electrons. The molecule has 0 bridgehead atoms. The molecule has 1 amide bonds. The van der Waals surface area contributed by atoms with Gasteiger partial charge in [0.15, 0.2) is 0 Å². The van der Waals surface area contributed by atoms with Crippen LogP contribution in [-0.4, -0.2) is 23.9 Å². The molecule has 1 aliphatic carbocycles. The number of alkyl halides is 1. The highest BCUT2D eigenvalue weighted by Gasteiger charge is 2.20. The van der Waals surface area contributed by atoms with Gasteiger partial charge in [0.25, 0.3) is 5.91 Å². The first-order valence-corrected chi connectivity index (χ1v) is 7.19. The van der Waals surface area contributed by atoms with Gasteiger partial charge < -0.3 is 10.1 Å². The van der Waals surface area contributed by atoms with E-state index >= 15 is 0 Å². The number of hydrogen-bond donors (Lipinski definition) is 1. The maximum atomic E-state index is 12.0. The molecule has 18 heavy (non-hydrogen) atoms. The van der Waals surface area contributed by atoms with Gasteiger partial charge in [-0.2, -0.15) is 0 Å². The predicted molar refractivity (Wildman–Crippen MR) is 75.4 cm³/mol. The van der Waals surface area contributed by atoms with Crippen molar-refractivity contribution in [2.45, 2.75) is 36.6 Å². The Morgan fingerprint density at radius 2 is 1.83 bits per heavy atom. The van der Waals surface area contributed by atoms with Crippen LogP contribution in [0.2, 0.25) is 0 Å². The van der Waals surface area contributed by atoms with E-state index in [1.54, 1.807) is 19.2 Å². The monoisotopic (exact) mass is 311 g/mol. The first kappa shape index (κ1) is 13.4. The minimum absolute atomic E-state index is 0.00988. The van der Waals surface area contributed by atoms with Gasteiger partial charge in [-0.1, -0.05) is 15.9 Å². The minimum atomic E-state index is 0.00988. The second-order valence-corrected chi connectivity index (χ2v) is 5.95. The quantitative estimate of drug-likeness (QED) is 0.871. The third-order valence-electron chi connectivity index (χ3n) is 3.34. The van der Waals surface area contributed by atoms with Gasteiger partial charge in [0.2, 0.25) is 0 Å². The zero-order valence-corrected chi connectivity index (χ0v) is 12.1. The number of rotatable bonds is 3. The second-order valence-electron chi connectivity index (χ2n) is 4.65. The zero-order valence-electron chi connectivity index (χ0n) is 10.5. The molecular weight excluding hydrogens is 294 g/mol. The summed E-state index contributed by atoms with van der Waals surface area (Å²) in [6.45, 7) is 0. The number of methoxy groups -OCH3 is 1. The highest BCUT2D eigenvalue weighted by Crippen LogP contribution is 2.24. The normalized spacial score (nSPS) is 23.4. The molecule has 0 heterocycles. The molecule has 1 fully saturated rings. The van der Waals surface area contributed by atoms with E-state index in [-0.39, 0.29) is 5.91 Å². The molecule has 1 aromatic carbocycles. The number of hydrogen-bond acceptors (Lipinski definition) is 2. The largest absolute Gasteiger partial charge is 0.497 e. The van der Waals surface area contributed by atoms with Crippen molar-refractivity contribution >= 4 is 21.8 Å². The molecule has 0 aromatic heterocycles. The number of carbonyl (C=O) groups is 1. The van der Waals surface area contributed by atoms with Crippen molar-refractivity contribution < 1.29 is 9.53 Å². The Bertz CT molecular complexity index is 397. The van der Waals surface area contributed by atoms with E-state index in [1.165, 1.54) is 0 Å². The van der Waals surface area contributed by atoms with Crippen LogP contribution in [0.15, 0.2) is 24.3 Å². The maximum absolute atomic E-state index is 12.0. The summed E-state index contributed by atoms with van der Waals surface area (Å²) in [7, 11) is 1.62. The fourth-order valence-electron chi connectivity index (χ4n) is 2.21. The van der Waals surface area contributed by atoms with Crippen LogP contribution in [-0.2, 0) is 0 Å². The standard InChI is InChI=1S/C14H18BrNO2/c1-18-13-8-2-10(3-9-13)14(17)16-12-6-4-11(15)5-7-12/h2-3,8-9,11-12H,4-7H2,1H3,(H,16,17). The topological polar surface area (TPSA) is 38.3 Å². The van der Waals surface area contributed by atoms with Gasteiger partial charge in [-0.25, -0.2) is 0 Å². The van der Waals surface area contributed by atoms with Gasteiger partial charge >= 0.3 is 0 Å². The van der Waals surface area contributed by atoms with E-state index in [4.69, 9.17) is 4.74 Å². The van der Waals surface area contributed by atoms with Crippen molar-refractivity contribution in [2.24, 2.45) is 0 Å². The molecule has 0 spiro atoms. The zero-order chi connectivity index (χ0) is 13.0. The average molecular weight is 312 g/mol. The molecule has 1 aromatic rings. The van der Waals surface area contributed by atoms with Crippen LogP contribution >= 0.6 is 15.9 Å². The number of nitrogens with one attached hydrogen (secondary N) is 1. The van der Waals surface area contributed by atoms with Crippen LogP contribution in [0, 0.1) is 0 Å². The molecule has 0 aliphatic heterocycles. The number of ether oxygens (including phenoxy) is 1. The number of benzene rings is 1. The van der Waals surface area contributed by atoms with Gasteiger partial charge in [-0.05, 0) is 49.9 Å². The lowest BCUT2D eigenvalue weighted by Crippen LogP contribution is -2.37. The highest BCUT2D eigenvalue weighted by molar-refractivity contribution is 9.09. The van der Waals surface area contributed by atoms with E-state index in [1.807, 2.05) is 12.1 Å². The van der Waals surface area contributed by atoms with E-state index < -0.39 is 0 Å². The first-order valence-electron chi connectivity index (χ1n) is 6.28. The third-order valence-corrected chi connectivity index (χ3v) is 4.26. The van der Waals surface area contributed by atoms with Crippen LogP contribution in [0.4, 0.5) is 0 Å². The van der Waals surface area contributed by atoms with E-state index in [2.05, 4.69) is 21.2 Å². The fourth-order valence-corrected chi connectivity index (χ4v) is 2.74. The van der Waals surface area contributed by atoms with Crippen molar-refractivity contribution in [3.05, 3.63) is 29.8 Å². The van der Waals surface area contributed by atoms with Crippen molar-refractivity contribution in [1.29, 1.82) is 0 Å². The summed E-state index contributed by atoms with van der Waals surface area (Å²) in [5.41, 5.74) is 0.691. The van der Waals surface area contributed by atoms with Crippen molar-refractivity contribution in [3.8, 4) is 5.75 Å². The van der Waals surface area contributed by atoms with E-state index in [0.29, 0.717) is 16.4 Å². The summed E-state index contributed by atoms with van der Waals surface area (Å²) in [4.78, 5) is 12.6. The van der Waals surface area contributed by atoms with Crippen LogP contribution in [0.3, 0.4) is 0 Å². The first-order chi connectivity index (χ1) is 8.69. The smallest absolute Gasteiger partial charge is 0.251 e. The van der Waals surface area contributed by atoms with Crippen LogP contribution in [0.1, 0.15) is 36.0 Å². The van der Waals surface area contributed by atoms with Gasteiger partial charge in [-0.3, -0.25) is 4.79 Å². The van der Waals surface area contributed by atoms with Crippen LogP contribution in [0.25, 0.3) is 0 Å². The molecule has 3 nitrogen and oxygen atoms in total. The average Bonchev–Trinajstić information content (AvgIpc) is 2.41. The molecule has 4 heteroatoms.